The van der Waals surface area contributed by atoms with Crippen LogP contribution in [0.25, 0.3) is 0 Å². The average Bonchev–Trinajstić information content (AvgIpc) is 2.68. The number of aromatic nitrogens is 3. The normalized spacial score (nSPS) is 10.2. The van der Waals surface area contributed by atoms with Crippen molar-refractivity contribution in [2.24, 2.45) is 0 Å². The van der Waals surface area contributed by atoms with Crippen molar-refractivity contribution in [1.82, 2.24) is 20.4 Å². The number of nitrogens with one attached hydrogen (secondary N) is 3. The molecule has 2 heterocycles. The summed E-state index contributed by atoms with van der Waals surface area (Å²) in [5.74, 6) is 0.392. The lowest BCUT2D eigenvalue weighted by Gasteiger charge is -2.13. The first-order valence-electron chi connectivity index (χ1n) is 8.01. The number of hydrogen-bond donors (Lipinski definition) is 4. The van der Waals surface area contributed by atoms with Crippen molar-refractivity contribution in [2.45, 2.75) is 13.5 Å². The average molecular weight is 349 g/mol. The van der Waals surface area contributed by atoms with E-state index in [1.54, 1.807) is 24.4 Å². The van der Waals surface area contributed by atoms with Crippen LogP contribution in [0.15, 0.2) is 55.0 Å². The van der Waals surface area contributed by atoms with Crippen molar-refractivity contribution in [3.05, 3.63) is 71.8 Å². The molecular weight excluding hydrogens is 330 g/mol. The molecule has 1 amide bonds. The molecule has 0 radical (unpaired) electrons. The molecule has 132 valence electrons. The third-order valence-electron chi connectivity index (χ3n) is 3.66. The maximum absolute atomic E-state index is 12.0. The summed E-state index contributed by atoms with van der Waals surface area (Å²) in [6, 6.07) is 13.2. The molecule has 1 aromatic carbocycles. The Balaban J connectivity index is 1.63. The van der Waals surface area contributed by atoms with E-state index in [4.69, 9.17) is 5.73 Å². The number of anilines is 3. The number of benzene rings is 1. The van der Waals surface area contributed by atoms with E-state index in [0.717, 1.165) is 5.56 Å². The molecule has 0 atom stereocenters. The molecule has 0 aliphatic heterocycles. The quantitative estimate of drug-likeness (QED) is 0.503. The number of rotatable bonds is 6. The molecule has 8 nitrogen and oxygen atoms in total. The molecule has 3 rings (SSSR count). The van der Waals surface area contributed by atoms with Crippen molar-refractivity contribution in [3.63, 3.8) is 0 Å². The number of amides is 1. The zero-order valence-electron chi connectivity index (χ0n) is 14.2. The van der Waals surface area contributed by atoms with Gasteiger partial charge in [0.15, 0.2) is 11.6 Å². The van der Waals surface area contributed by atoms with Crippen LogP contribution in [0, 0.1) is 6.92 Å². The standard InChI is InChI=1S/C18H19N7O/c1-12-5-7-13(8-6-12)10-21-16-15(19)17(23-11-22-16)24-25-18(26)14-4-2-3-9-20-14/h2-9,11H,10,19H2,1H3,(H,25,26)(H2,21,22,23,24). The fourth-order valence-electron chi connectivity index (χ4n) is 2.20. The van der Waals surface area contributed by atoms with E-state index in [0.29, 0.717) is 23.9 Å². The Hall–Kier alpha value is -3.68. The Bertz CT molecular complexity index is 882. The van der Waals surface area contributed by atoms with Gasteiger partial charge in [0.1, 0.15) is 17.7 Å². The molecule has 2 aromatic heterocycles. The van der Waals surface area contributed by atoms with E-state index in [9.17, 15) is 4.79 Å². The van der Waals surface area contributed by atoms with Crippen LogP contribution in [0.1, 0.15) is 21.6 Å². The summed E-state index contributed by atoms with van der Waals surface area (Å²) in [6.07, 6.45) is 2.91. The topological polar surface area (TPSA) is 118 Å². The highest BCUT2D eigenvalue weighted by atomic mass is 16.2. The lowest BCUT2D eigenvalue weighted by Crippen LogP contribution is -2.31. The van der Waals surface area contributed by atoms with Gasteiger partial charge in [0, 0.05) is 12.7 Å². The van der Waals surface area contributed by atoms with Gasteiger partial charge in [-0.2, -0.15) is 0 Å². The number of carbonyl (C=O) groups is 1. The minimum atomic E-state index is -0.391. The van der Waals surface area contributed by atoms with Gasteiger partial charge in [0.25, 0.3) is 5.91 Å². The maximum Gasteiger partial charge on any atom is 0.288 e. The highest BCUT2D eigenvalue weighted by molar-refractivity contribution is 5.93. The highest BCUT2D eigenvalue weighted by Gasteiger charge is 2.10. The Morgan fingerprint density at radius 2 is 1.81 bits per heavy atom. The molecular formula is C18H19N7O. The van der Waals surface area contributed by atoms with E-state index in [1.807, 2.05) is 31.2 Å². The van der Waals surface area contributed by atoms with Crippen molar-refractivity contribution in [2.75, 3.05) is 16.5 Å². The van der Waals surface area contributed by atoms with Gasteiger partial charge in [-0.3, -0.25) is 20.6 Å². The number of nitrogen functional groups attached to an aromatic ring is 1. The Morgan fingerprint density at radius 1 is 1.04 bits per heavy atom. The van der Waals surface area contributed by atoms with Gasteiger partial charge in [0.05, 0.1) is 0 Å². The predicted octanol–water partition coefficient (Wildman–Crippen LogP) is 2.13. The Labute approximate surface area is 150 Å². The van der Waals surface area contributed by atoms with E-state index < -0.39 is 5.91 Å². The van der Waals surface area contributed by atoms with Crippen molar-refractivity contribution in [1.29, 1.82) is 0 Å². The highest BCUT2D eigenvalue weighted by Crippen LogP contribution is 2.22. The number of nitrogens with two attached hydrogens (primary N) is 1. The van der Waals surface area contributed by atoms with E-state index >= 15 is 0 Å². The van der Waals surface area contributed by atoms with E-state index in [1.165, 1.54) is 11.9 Å². The number of pyridine rings is 1. The molecule has 0 bridgehead atoms. The number of hydrogen-bond acceptors (Lipinski definition) is 7. The molecule has 0 spiro atoms. The molecule has 5 N–H and O–H groups in total. The van der Waals surface area contributed by atoms with Crippen LogP contribution in [0.2, 0.25) is 0 Å². The summed E-state index contributed by atoms with van der Waals surface area (Å²) in [5, 5.41) is 3.17. The third kappa shape index (κ3) is 4.23. The van der Waals surface area contributed by atoms with Gasteiger partial charge in [-0.05, 0) is 24.6 Å². The fourth-order valence-corrected chi connectivity index (χ4v) is 2.20. The lowest BCUT2D eigenvalue weighted by atomic mass is 10.1. The predicted molar refractivity (Wildman–Crippen MR) is 100 cm³/mol. The SMILES string of the molecule is Cc1ccc(CNc2ncnc(NNC(=O)c3ccccn3)c2N)cc1. The Kier molecular flexibility index (Phi) is 5.23. The molecule has 0 saturated carbocycles. The molecule has 0 aliphatic rings. The first-order valence-corrected chi connectivity index (χ1v) is 8.01. The molecule has 0 unspecified atom stereocenters. The summed E-state index contributed by atoms with van der Waals surface area (Å²) < 4.78 is 0. The summed E-state index contributed by atoms with van der Waals surface area (Å²) in [5.41, 5.74) is 14.2. The van der Waals surface area contributed by atoms with Gasteiger partial charge in [0.2, 0.25) is 0 Å². The number of hydrazine groups is 1. The first-order chi connectivity index (χ1) is 12.6. The zero-order valence-corrected chi connectivity index (χ0v) is 14.2. The monoisotopic (exact) mass is 349 g/mol. The van der Waals surface area contributed by atoms with Gasteiger partial charge in [-0.1, -0.05) is 35.9 Å². The molecule has 26 heavy (non-hydrogen) atoms. The molecule has 8 heteroatoms. The second kappa shape index (κ2) is 7.93. The Morgan fingerprint density at radius 3 is 2.54 bits per heavy atom. The van der Waals surface area contributed by atoms with Crippen LogP contribution in [0.3, 0.4) is 0 Å². The summed E-state index contributed by atoms with van der Waals surface area (Å²) in [4.78, 5) is 24.2. The van der Waals surface area contributed by atoms with E-state index in [-0.39, 0.29) is 5.69 Å². The van der Waals surface area contributed by atoms with Crippen LogP contribution >= 0.6 is 0 Å². The molecule has 3 aromatic rings. The smallest absolute Gasteiger partial charge is 0.288 e. The maximum atomic E-state index is 12.0. The van der Waals surface area contributed by atoms with Crippen LogP contribution in [-0.2, 0) is 6.54 Å². The fraction of sp³-hybridized carbons (Fsp3) is 0.111. The number of nitrogens with zero attached hydrogens (tertiary/aromatic N) is 3. The van der Waals surface area contributed by atoms with Crippen LogP contribution in [0.5, 0.6) is 0 Å². The van der Waals surface area contributed by atoms with Crippen molar-refractivity contribution in [3.8, 4) is 0 Å². The summed E-state index contributed by atoms with van der Waals surface area (Å²) >= 11 is 0. The molecule has 0 aliphatic carbocycles. The van der Waals surface area contributed by atoms with Gasteiger partial charge >= 0.3 is 0 Å². The number of aryl methyl sites for hydroxylation is 1. The van der Waals surface area contributed by atoms with Crippen LogP contribution in [-0.4, -0.2) is 20.9 Å². The van der Waals surface area contributed by atoms with Crippen LogP contribution < -0.4 is 21.9 Å². The van der Waals surface area contributed by atoms with Crippen molar-refractivity contribution >= 4 is 23.2 Å². The minimum Gasteiger partial charge on any atom is -0.393 e. The molecule has 0 saturated heterocycles. The van der Waals surface area contributed by atoms with Gasteiger partial charge in [-0.15, -0.1) is 0 Å². The van der Waals surface area contributed by atoms with Gasteiger partial charge in [-0.25, -0.2) is 9.97 Å². The van der Waals surface area contributed by atoms with Crippen molar-refractivity contribution < 1.29 is 4.79 Å². The molecule has 0 fully saturated rings. The summed E-state index contributed by atoms with van der Waals surface area (Å²) in [7, 11) is 0. The van der Waals surface area contributed by atoms with E-state index in [2.05, 4.69) is 31.1 Å². The van der Waals surface area contributed by atoms with Crippen LogP contribution in [0.4, 0.5) is 17.3 Å². The largest absolute Gasteiger partial charge is 0.393 e. The first kappa shape index (κ1) is 17.2. The summed E-state index contributed by atoms with van der Waals surface area (Å²) in [6.45, 7) is 2.61. The third-order valence-corrected chi connectivity index (χ3v) is 3.66. The van der Waals surface area contributed by atoms with Gasteiger partial charge < -0.3 is 11.1 Å². The lowest BCUT2D eigenvalue weighted by molar-refractivity contribution is 0.0957. The minimum absolute atomic E-state index is 0.283. The zero-order chi connectivity index (χ0) is 18.4. The number of carbonyl (C=O) groups excluding carboxylic acids is 1. The second-order valence-corrected chi connectivity index (χ2v) is 5.62. The second-order valence-electron chi connectivity index (χ2n) is 5.62.